The molecule has 0 heterocycles. The molecule has 0 aromatic heterocycles. The van der Waals surface area contributed by atoms with Gasteiger partial charge < -0.3 is 39.9 Å². The molecule has 0 radical (unpaired) electrons. The monoisotopic (exact) mass is 811 g/mol. The molecule has 55 heavy (non-hydrogen) atoms. The van der Waals surface area contributed by atoms with E-state index in [4.69, 9.17) is 18.5 Å². The van der Waals surface area contributed by atoms with Gasteiger partial charge >= 0.3 is 19.8 Å². The van der Waals surface area contributed by atoms with Crippen molar-refractivity contribution in [1.82, 2.24) is 0 Å². The van der Waals surface area contributed by atoms with Crippen molar-refractivity contribution in [2.24, 2.45) is 0 Å². The number of aliphatic hydroxyl groups excluding tert-OH is 5. The van der Waals surface area contributed by atoms with Crippen molar-refractivity contribution in [3.05, 3.63) is 0 Å². The second-order valence-corrected chi connectivity index (χ2v) is 17.0. The van der Waals surface area contributed by atoms with E-state index in [1.807, 2.05) is 0 Å². The Bertz CT molecular complexity index is 985. The van der Waals surface area contributed by atoms with E-state index >= 15 is 0 Å². The lowest BCUT2D eigenvalue weighted by atomic mass is 9.85. The maximum atomic E-state index is 12.7. The number of carbonyl (C=O) groups excluding carboxylic acids is 2. The normalized spacial score (nSPS) is 23.0. The van der Waals surface area contributed by atoms with Gasteiger partial charge in [0.2, 0.25) is 0 Å². The fraction of sp³-hybridized carbons (Fsp3) is 0.951. The minimum absolute atomic E-state index is 0.104. The number of phosphoric ester groups is 1. The Hall–Kier alpha value is -1.15. The van der Waals surface area contributed by atoms with Gasteiger partial charge in [-0.3, -0.25) is 18.6 Å². The third kappa shape index (κ3) is 25.7. The minimum Gasteiger partial charge on any atom is -0.462 e. The second kappa shape index (κ2) is 32.8. The molecule has 1 saturated carbocycles. The van der Waals surface area contributed by atoms with Gasteiger partial charge in [-0.2, -0.15) is 0 Å². The highest BCUT2D eigenvalue weighted by Gasteiger charge is 2.51. The molecule has 0 aromatic carbocycles. The van der Waals surface area contributed by atoms with Gasteiger partial charge in [0, 0.05) is 12.8 Å². The Morgan fingerprint density at radius 2 is 0.818 bits per heavy atom. The topological polar surface area (TPSA) is 210 Å². The van der Waals surface area contributed by atoms with Gasteiger partial charge in [-0.05, 0) is 12.8 Å². The van der Waals surface area contributed by atoms with Crippen LogP contribution in [0.5, 0.6) is 0 Å². The van der Waals surface area contributed by atoms with Crippen molar-refractivity contribution in [2.75, 3.05) is 13.2 Å². The summed E-state index contributed by atoms with van der Waals surface area (Å²) in [4.78, 5) is 35.4. The maximum absolute atomic E-state index is 12.7. The third-order valence-electron chi connectivity index (χ3n) is 10.4. The van der Waals surface area contributed by atoms with E-state index in [1.54, 1.807) is 0 Å². The molecule has 0 aromatic rings. The lowest BCUT2D eigenvalue weighted by molar-refractivity contribution is -0.220. The maximum Gasteiger partial charge on any atom is 0.472 e. The van der Waals surface area contributed by atoms with Crippen LogP contribution in [0.2, 0.25) is 0 Å². The Morgan fingerprint density at radius 3 is 1.20 bits per heavy atom. The summed E-state index contributed by atoms with van der Waals surface area (Å²) in [6.07, 6.45) is 17.9. The molecule has 1 fully saturated rings. The van der Waals surface area contributed by atoms with Crippen LogP contribution in [-0.4, -0.2) is 98.3 Å². The number of esters is 2. The highest BCUT2D eigenvalue weighted by Crippen LogP contribution is 2.47. The summed E-state index contributed by atoms with van der Waals surface area (Å²) in [6, 6.07) is 0. The van der Waals surface area contributed by atoms with E-state index in [1.165, 1.54) is 103 Å². The van der Waals surface area contributed by atoms with E-state index in [0.717, 1.165) is 51.4 Å². The fourth-order valence-electron chi connectivity index (χ4n) is 6.88. The van der Waals surface area contributed by atoms with Crippen molar-refractivity contribution < 1.29 is 63.1 Å². The van der Waals surface area contributed by atoms with Gasteiger partial charge in [0.1, 0.15) is 43.2 Å². The zero-order valence-electron chi connectivity index (χ0n) is 34.2. The Kier molecular flexibility index (Phi) is 30.9. The molecular weight excluding hydrogens is 731 g/mol. The summed E-state index contributed by atoms with van der Waals surface area (Å²) < 4.78 is 33.3. The third-order valence-corrected chi connectivity index (χ3v) is 11.4. The molecule has 0 aliphatic heterocycles. The van der Waals surface area contributed by atoms with E-state index in [9.17, 15) is 44.6 Å². The van der Waals surface area contributed by atoms with Crippen LogP contribution in [-0.2, 0) is 32.7 Å². The first-order valence-corrected chi connectivity index (χ1v) is 23.3. The largest absolute Gasteiger partial charge is 0.472 e. The van der Waals surface area contributed by atoms with Crippen LogP contribution in [0.15, 0.2) is 0 Å². The number of hydrogen-bond acceptors (Lipinski definition) is 12. The lowest BCUT2D eigenvalue weighted by Crippen LogP contribution is -2.64. The number of unbranched alkanes of at least 4 members (excludes halogenated alkanes) is 24. The summed E-state index contributed by atoms with van der Waals surface area (Å²) in [7, 11) is -5.10. The number of rotatable bonds is 36. The van der Waals surface area contributed by atoms with E-state index in [2.05, 4.69) is 13.8 Å². The van der Waals surface area contributed by atoms with Crippen LogP contribution in [0.3, 0.4) is 0 Å². The molecule has 1 aliphatic rings. The standard InChI is InChI=1S/C41H79O13P/c1-3-5-7-9-11-12-13-14-15-16-17-18-19-20-21-22-23-24-26-28-30-35(43)53-33(31-51-34(42)29-27-25-10-8-6-4-2)32-52-55(49,50)54-41-39(47)37(45)36(44)38(46)40(41)48/h33,36-41,44-48H,3-32H2,1-2H3,(H,49,50). The van der Waals surface area contributed by atoms with Crippen LogP contribution in [0.1, 0.15) is 194 Å². The predicted octanol–water partition coefficient (Wildman–Crippen LogP) is 7.72. The first-order chi connectivity index (χ1) is 26.4. The van der Waals surface area contributed by atoms with Crippen molar-refractivity contribution in [3.63, 3.8) is 0 Å². The van der Waals surface area contributed by atoms with Gasteiger partial charge in [-0.15, -0.1) is 0 Å². The molecule has 13 nitrogen and oxygen atoms in total. The molecule has 1 rings (SSSR count). The predicted molar refractivity (Wildman–Crippen MR) is 212 cm³/mol. The summed E-state index contributed by atoms with van der Waals surface area (Å²) in [5.41, 5.74) is 0. The highest BCUT2D eigenvalue weighted by atomic mass is 31.2. The van der Waals surface area contributed by atoms with Gasteiger partial charge in [-0.1, -0.05) is 168 Å². The molecule has 1 aliphatic carbocycles. The molecule has 6 unspecified atom stereocenters. The highest BCUT2D eigenvalue weighted by molar-refractivity contribution is 7.47. The summed E-state index contributed by atoms with van der Waals surface area (Å²) >= 11 is 0. The molecule has 0 saturated heterocycles. The van der Waals surface area contributed by atoms with Crippen LogP contribution < -0.4 is 0 Å². The quantitative estimate of drug-likeness (QED) is 0.0204. The van der Waals surface area contributed by atoms with Gasteiger partial charge in [0.25, 0.3) is 0 Å². The molecule has 326 valence electrons. The van der Waals surface area contributed by atoms with Crippen molar-refractivity contribution in [3.8, 4) is 0 Å². The van der Waals surface area contributed by atoms with Crippen LogP contribution >= 0.6 is 7.82 Å². The molecule has 6 atom stereocenters. The Labute approximate surface area is 331 Å². The molecule has 14 heteroatoms. The van der Waals surface area contributed by atoms with E-state index in [-0.39, 0.29) is 12.8 Å². The Balaban J connectivity index is 2.36. The molecular formula is C41H79O13P. The summed E-state index contributed by atoms with van der Waals surface area (Å²) in [5, 5.41) is 49.9. The average Bonchev–Trinajstić information content (AvgIpc) is 3.16. The van der Waals surface area contributed by atoms with Crippen LogP contribution in [0, 0.1) is 0 Å². The number of phosphoric acid groups is 1. The Morgan fingerprint density at radius 1 is 0.491 bits per heavy atom. The summed E-state index contributed by atoms with van der Waals surface area (Å²) in [6.45, 7) is 3.22. The molecule has 0 bridgehead atoms. The zero-order valence-corrected chi connectivity index (χ0v) is 35.1. The van der Waals surface area contributed by atoms with E-state index < -0.39 is 75.7 Å². The number of hydrogen-bond donors (Lipinski definition) is 6. The van der Waals surface area contributed by atoms with Crippen LogP contribution in [0.4, 0.5) is 0 Å². The smallest absolute Gasteiger partial charge is 0.462 e. The number of ether oxygens (including phenoxy) is 2. The number of carbonyl (C=O) groups is 2. The SMILES string of the molecule is CCCCCCCCCCCCCCCCCCCCCCC(=O)OC(COC(=O)CCCCCCCC)COP(=O)(O)OC1C(O)C(O)C(O)C(O)C1O. The lowest BCUT2D eigenvalue weighted by Gasteiger charge is -2.41. The fourth-order valence-corrected chi connectivity index (χ4v) is 7.85. The minimum atomic E-state index is -5.10. The first kappa shape index (κ1) is 51.9. The van der Waals surface area contributed by atoms with Gasteiger partial charge in [0.15, 0.2) is 6.10 Å². The average molecular weight is 811 g/mol. The summed E-state index contributed by atoms with van der Waals surface area (Å²) in [5.74, 6) is -1.10. The van der Waals surface area contributed by atoms with Crippen molar-refractivity contribution in [2.45, 2.75) is 236 Å². The zero-order chi connectivity index (χ0) is 40.7. The van der Waals surface area contributed by atoms with E-state index in [0.29, 0.717) is 12.8 Å². The molecule has 0 amide bonds. The van der Waals surface area contributed by atoms with Gasteiger partial charge in [0.05, 0.1) is 6.61 Å². The second-order valence-electron chi connectivity index (χ2n) is 15.6. The van der Waals surface area contributed by atoms with Crippen molar-refractivity contribution in [1.29, 1.82) is 0 Å². The first-order valence-electron chi connectivity index (χ1n) is 21.8. The molecule has 0 spiro atoms. The van der Waals surface area contributed by atoms with Gasteiger partial charge in [-0.25, -0.2) is 4.57 Å². The van der Waals surface area contributed by atoms with Crippen molar-refractivity contribution >= 4 is 19.8 Å². The van der Waals surface area contributed by atoms with Crippen LogP contribution in [0.25, 0.3) is 0 Å². The number of aliphatic hydroxyl groups is 5. The molecule has 6 N–H and O–H groups in total.